The standard InChI is InChI=1S/C19H24N2O3S/c1-19(2,3)24-18(23)21-16(17(20)22)12-25-11-13-8-9-14-6-4-5-7-15(14)10-13/h4-10,16H,11-12H2,1-3H3,(H2,20,22)(H,21,23)/t16-/m0/s1. The number of benzene rings is 2. The van der Waals surface area contributed by atoms with E-state index in [1.54, 1.807) is 32.5 Å². The highest BCUT2D eigenvalue weighted by Crippen LogP contribution is 2.20. The van der Waals surface area contributed by atoms with Crippen LogP contribution in [0, 0.1) is 0 Å². The summed E-state index contributed by atoms with van der Waals surface area (Å²) >= 11 is 1.54. The second-order valence-electron chi connectivity index (χ2n) is 6.80. The van der Waals surface area contributed by atoms with Crippen LogP contribution in [0.3, 0.4) is 0 Å². The van der Waals surface area contributed by atoms with Crippen molar-refractivity contribution in [3.05, 3.63) is 48.0 Å². The van der Waals surface area contributed by atoms with E-state index in [1.165, 1.54) is 10.8 Å². The molecule has 2 amide bonds. The first kappa shape index (κ1) is 19.1. The van der Waals surface area contributed by atoms with Gasteiger partial charge in [-0.05, 0) is 37.1 Å². The van der Waals surface area contributed by atoms with Crippen molar-refractivity contribution >= 4 is 34.5 Å². The Kier molecular flexibility index (Phi) is 6.31. The summed E-state index contributed by atoms with van der Waals surface area (Å²) in [6.07, 6.45) is -0.636. The van der Waals surface area contributed by atoms with E-state index in [0.717, 1.165) is 11.3 Å². The summed E-state index contributed by atoms with van der Waals surface area (Å²) in [6.45, 7) is 5.29. The number of rotatable bonds is 6. The third-order valence-corrected chi connectivity index (χ3v) is 4.51. The van der Waals surface area contributed by atoms with Gasteiger partial charge in [-0.25, -0.2) is 4.79 Å². The van der Waals surface area contributed by atoms with Crippen LogP contribution in [0.2, 0.25) is 0 Å². The first-order chi connectivity index (χ1) is 11.7. The predicted octanol–water partition coefficient (Wildman–Crippen LogP) is 3.45. The molecule has 25 heavy (non-hydrogen) atoms. The van der Waals surface area contributed by atoms with Crippen LogP contribution in [-0.4, -0.2) is 29.4 Å². The van der Waals surface area contributed by atoms with Gasteiger partial charge in [-0.15, -0.1) is 0 Å². The molecule has 6 heteroatoms. The zero-order valence-electron chi connectivity index (χ0n) is 14.7. The van der Waals surface area contributed by atoms with Gasteiger partial charge in [0.15, 0.2) is 0 Å². The number of carbonyl (C=O) groups is 2. The number of primary amides is 1. The largest absolute Gasteiger partial charge is 0.444 e. The van der Waals surface area contributed by atoms with Crippen LogP contribution >= 0.6 is 11.8 Å². The maximum absolute atomic E-state index is 11.8. The lowest BCUT2D eigenvalue weighted by Crippen LogP contribution is -2.47. The SMILES string of the molecule is CC(C)(C)OC(=O)N[C@@H](CSCc1ccc2ccccc2c1)C(N)=O. The maximum atomic E-state index is 11.8. The summed E-state index contributed by atoms with van der Waals surface area (Å²) in [5.74, 6) is 0.545. The van der Waals surface area contributed by atoms with Gasteiger partial charge in [-0.2, -0.15) is 11.8 Å². The lowest BCUT2D eigenvalue weighted by atomic mass is 10.1. The molecule has 0 aromatic heterocycles. The van der Waals surface area contributed by atoms with Gasteiger partial charge in [0.2, 0.25) is 5.91 Å². The monoisotopic (exact) mass is 360 g/mol. The van der Waals surface area contributed by atoms with Gasteiger partial charge in [-0.1, -0.05) is 42.5 Å². The highest BCUT2D eigenvalue weighted by atomic mass is 32.2. The average molecular weight is 360 g/mol. The van der Waals surface area contributed by atoms with Gasteiger partial charge in [0.05, 0.1) is 0 Å². The Hall–Kier alpha value is -2.21. The van der Waals surface area contributed by atoms with E-state index in [9.17, 15) is 9.59 Å². The van der Waals surface area contributed by atoms with E-state index < -0.39 is 23.6 Å². The lowest BCUT2D eigenvalue weighted by molar-refractivity contribution is -0.119. The van der Waals surface area contributed by atoms with Crippen molar-refractivity contribution in [2.75, 3.05) is 5.75 Å². The third kappa shape index (κ3) is 6.31. The van der Waals surface area contributed by atoms with Crippen molar-refractivity contribution < 1.29 is 14.3 Å². The number of hydrogen-bond donors (Lipinski definition) is 2. The summed E-state index contributed by atoms with van der Waals surface area (Å²) in [4.78, 5) is 23.4. The molecular weight excluding hydrogens is 336 g/mol. The number of thioether (sulfide) groups is 1. The fourth-order valence-electron chi connectivity index (χ4n) is 2.27. The quantitative estimate of drug-likeness (QED) is 0.827. The minimum atomic E-state index is -0.764. The molecule has 0 radical (unpaired) electrons. The molecule has 0 heterocycles. The second-order valence-corrected chi connectivity index (χ2v) is 7.83. The fourth-order valence-corrected chi connectivity index (χ4v) is 3.28. The Morgan fingerprint density at radius 2 is 1.84 bits per heavy atom. The van der Waals surface area contributed by atoms with Crippen molar-refractivity contribution in [1.82, 2.24) is 5.32 Å². The third-order valence-electron chi connectivity index (χ3n) is 3.40. The normalized spacial score (nSPS) is 12.6. The van der Waals surface area contributed by atoms with Crippen molar-refractivity contribution in [2.45, 2.75) is 38.2 Å². The second kappa shape index (κ2) is 8.25. The fraction of sp³-hybridized carbons (Fsp3) is 0.368. The summed E-state index contributed by atoms with van der Waals surface area (Å²) < 4.78 is 5.16. The Bertz CT molecular complexity index is 756. The number of alkyl carbamates (subject to hydrolysis) is 1. The Labute approximate surface area is 152 Å². The number of hydrogen-bond acceptors (Lipinski definition) is 4. The molecule has 0 unspecified atom stereocenters. The van der Waals surface area contributed by atoms with Crippen molar-refractivity contribution in [3.63, 3.8) is 0 Å². The molecule has 0 saturated carbocycles. The summed E-state index contributed by atoms with van der Waals surface area (Å²) in [7, 11) is 0. The van der Waals surface area contributed by atoms with Gasteiger partial charge in [-0.3, -0.25) is 4.79 Å². The molecule has 0 fully saturated rings. The average Bonchev–Trinajstić information content (AvgIpc) is 2.52. The molecule has 2 aromatic carbocycles. The zero-order valence-corrected chi connectivity index (χ0v) is 15.6. The van der Waals surface area contributed by atoms with Gasteiger partial charge in [0.1, 0.15) is 11.6 Å². The van der Waals surface area contributed by atoms with Crippen LogP contribution in [0.4, 0.5) is 4.79 Å². The van der Waals surface area contributed by atoms with E-state index in [4.69, 9.17) is 10.5 Å². The van der Waals surface area contributed by atoms with Crippen molar-refractivity contribution in [1.29, 1.82) is 0 Å². The summed E-state index contributed by atoms with van der Waals surface area (Å²) in [5, 5.41) is 4.90. The topological polar surface area (TPSA) is 81.4 Å². The number of amides is 2. The Balaban J connectivity index is 1.89. The van der Waals surface area contributed by atoms with Crippen molar-refractivity contribution in [3.8, 4) is 0 Å². The van der Waals surface area contributed by atoms with Crippen LogP contribution in [-0.2, 0) is 15.3 Å². The van der Waals surface area contributed by atoms with Gasteiger partial charge >= 0.3 is 6.09 Å². The molecule has 0 aliphatic heterocycles. The first-order valence-corrected chi connectivity index (χ1v) is 9.24. The lowest BCUT2D eigenvalue weighted by Gasteiger charge is -2.22. The Morgan fingerprint density at radius 3 is 2.48 bits per heavy atom. The van der Waals surface area contributed by atoms with E-state index >= 15 is 0 Å². The minimum absolute atomic E-state index is 0.390. The van der Waals surface area contributed by atoms with Crippen LogP contribution in [0.15, 0.2) is 42.5 Å². The number of nitrogens with two attached hydrogens (primary N) is 1. The summed E-state index contributed by atoms with van der Waals surface area (Å²) in [5.41, 5.74) is 5.92. The van der Waals surface area contributed by atoms with Crippen LogP contribution in [0.25, 0.3) is 10.8 Å². The van der Waals surface area contributed by atoms with E-state index in [0.29, 0.717) is 5.75 Å². The van der Waals surface area contributed by atoms with Crippen LogP contribution in [0.5, 0.6) is 0 Å². The van der Waals surface area contributed by atoms with E-state index in [1.807, 2.05) is 12.1 Å². The van der Waals surface area contributed by atoms with Crippen LogP contribution in [0.1, 0.15) is 26.3 Å². The first-order valence-electron chi connectivity index (χ1n) is 8.09. The number of ether oxygens (including phenoxy) is 1. The maximum Gasteiger partial charge on any atom is 0.408 e. The highest BCUT2D eigenvalue weighted by molar-refractivity contribution is 7.98. The van der Waals surface area contributed by atoms with E-state index in [2.05, 4.69) is 35.6 Å². The molecule has 1 atom stereocenters. The number of carbonyl (C=O) groups excluding carboxylic acids is 2. The molecule has 0 aliphatic carbocycles. The number of nitrogens with one attached hydrogen (secondary N) is 1. The molecule has 134 valence electrons. The molecule has 3 N–H and O–H groups in total. The van der Waals surface area contributed by atoms with Gasteiger partial charge in [0, 0.05) is 11.5 Å². The molecular formula is C19H24N2O3S. The Morgan fingerprint density at radius 1 is 1.16 bits per heavy atom. The summed E-state index contributed by atoms with van der Waals surface area (Å²) in [6, 6.07) is 13.7. The molecule has 0 spiro atoms. The highest BCUT2D eigenvalue weighted by Gasteiger charge is 2.22. The molecule has 0 saturated heterocycles. The van der Waals surface area contributed by atoms with E-state index in [-0.39, 0.29) is 0 Å². The van der Waals surface area contributed by atoms with Gasteiger partial charge in [0.25, 0.3) is 0 Å². The van der Waals surface area contributed by atoms with Crippen LogP contribution < -0.4 is 11.1 Å². The minimum Gasteiger partial charge on any atom is -0.444 e. The molecule has 5 nitrogen and oxygen atoms in total. The molecule has 2 aromatic rings. The molecule has 2 rings (SSSR count). The van der Waals surface area contributed by atoms with Gasteiger partial charge < -0.3 is 15.8 Å². The molecule has 0 aliphatic rings. The zero-order chi connectivity index (χ0) is 18.4. The number of fused-ring (bicyclic) bond motifs is 1. The molecule has 0 bridgehead atoms. The van der Waals surface area contributed by atoms with Crippen molar-refractivity contribution in [2.24, 2.45) is 5.73 Å². The smallest absolute Gasteiger partial charge is 0.408 e. The predicted molar refractivity (Wildman–Crippen MR) is 102 cm³/mol.